The first-order chi connectivity index (χ1) is 16.6. The molecule has 182 valence electrons. The summed E-state index contributed by atoms with van der Waals surface area (Å²) < 4.78 is 5.45. The van der Waals surface area contributed by atoms with Crippen LogP contribution in [0.2, 0.25) is 0 Å². The minimum atomic E-state index is -0.399. The summed E-state index contributed by atoms with van der Waals surface area (Å²) in [6.07, 6.45) is 21.7. The predicted octanol–water partition coefficient (Wildman–Crippen LogP) is 8.44. The van der Waals surface area contributed by atoms with E-state index in [9.17, 15) is 4.79 Å². The fraction of sp³-hybridized carbons (Fsp3) is 0.548. The number of pyridine rings is 1. The van der Waals surface area contributed by atoms with Gasteiger partial charge in [0.15, 0.2) is 0 Å². The molecule has 0 radical (unpaired) electrons. The highest BCUT2D eigenvalue weighted by Crippen LogP contribution is 2.37. The Labute approximate surface area is 206 Å². The standard InChI is InChI=1S/C31H41NO2/c1-3-4-5-24-8-10-25(11-9-24)12-13-26-14-16-27(17-15-26)28-18-21-30(32-22-28)31(33)34-29-19-6-23(2)7-20-29/h6-7,12-13,18-22,24-27H,3-5,8-11,14-17H2,1-2H3/b13-12+. The summed E-state index contributed by atoms with van der Waals surface area (Å²) in [5.74, 6) is 3.23. The van der Waals surface area contributed by atoms with Gasteiger partial charge in [-0.2, -0.15) is 0 Å². The molecular formula is C31H41NO2. The molecule has 0 saturated heterocycles. The van der Waals surface area contributed by atoms with Gasteiger partial charge in [-0.1, -0.05) is 62.1 Å². The van der Waals surface area contributed by atoms with Crippen molar-refractivity contribution in [3.63, 3.8) is 0 Å². The van der Waals surface area contributed by atoms with Crippen molar-refractivity contribution in [2.45, 2.75) is 90.4 Å². The third-order valence-electron chi connectivity index (χ3n) is 7.98. The number of hydrogen-bond acceptors (Lipinski definition) is 3. The van der Waals surface area contributed by atoms with Gasteiger partial charge in [-0.25, -0.2) is 9.78 Å². The molecule has 0 unspecified atom stereocenters. The molecule has 4 rings (SSSR count). The molecule has 0 amide bonds. The van der Waals surface area contributed by atoms with E-state index in [1.165, 1.54) is 76.2 Å². The fourth-order valence-electron chi connectivity index (χ4n) is 5.65. The molecule has 3 nitrogen and oxygen atoms in total. The lowest BCUT2D eigenvalue weighted by Gasteiger charge is -2.29. The van der Waals surface area contributed by atoms with E-state index in [-0.39, 0.29) is 0 Å². The summed E-state index contributed by atoms with van der Waals surface area (Å²) in [5.41, 5.74) is 2.75. The van der Waals surface area contributed by atoms with Crippen molar-refractivity contribution in [2.24, 2.45) is 17.8 Å². The van der Waals surface area contributed by atoms with Crippen LogP contribution < -0.4 is 4.74 Å². The molecule has 0 atom stereocenters. The maximum atomic E-state index is 12.4. The van der Waals surface area contributed by atoms with Gasteiger partial charge in [0.05, 0.1) is 0 Å². The van der Waals surface area contributed by atoms with Crippen LogP contribution in [0.15, 0.2) is 54.7 Å². The summed E-state index contributed by atoms with van der Waals surface area (Å²) in [6.45, 7) is 4.31. The molecule has 2 aromatic rings. The Balaban J connectivity index is 1.21. The Kier molecular flexibility index (Phi) is 8.96. The molecule has 1 aromatic heterocycles. The number of aromatic nitrogens is 1. The number of aryl methyl sites for hydroxylation is 1. The number of esters is 1. The average molecular weight is 460 g/mol. The zero-order valence-corrected chi connectivity index (χ0v) is 21.0. The van der Waals surface area contributed by atoms with E-state index in [1.807, 2.05) is 43.5 Å². The molecule has 0 aliphatic heterocycles. The summed E-state index contributed by atoms with van der Waals surface area (Å²) in [5, 5.41) is 0. The number of carbonyl (C=O) groups is 1. The van der Waals surface area contributed by atoms with Crippen molar-refractivity contribution in [3.05, 3.63) is 71.6 Å². The highest BCUT2D eigenvalue weighted by molar-refractivity contribution is 5.88. The Morgan fingerprint density at radius 1 is 0.912 bits per heavy atom. The van der Waals surface area contributed by atoms with Crippen LogP contribution in [0.5, 0.6) is 5.75 Å². The van der Waals surface area contributed by atoms with Gasteiger partial charge < -0.3 is 4.74 Å². The molecule has 0 spiro atoms. The molecule has 2 saturated carbocycles. The van der Waals surface area contributed by atoms with Crippen molar-refractivity contribution < 1.29 is 9.53 Å². The predicted molar refractivity (Wildman–Crippen MR) is 139 cm³/mol. The minimum Gasteiger partial charge on any atom is -0.422 e. The highest BCUT2D eigenvalue weighted by atomic mass is 16.5. The van der Waals surface area contributed by atoms with Crippen LogP contribution >= 0.6 is 0 Å². The molecule has 2 aliphatic rings. The number of rotatable bonds is 8. The normalized spacial score (nSPS) is 25.4. The maximum Gasteiger partial charge on any atom is 0.362 e. The van der Waals surface area contributed by atoms with E-state index in [0.29, 0.717) is 17.4 Å². The second-order valence-electron chi connectivity index (χ2n) is 10.6. The van der Waals surface area contributed by atoms with E-state index in [4.69, 9.17) is 4.74 Å². The molecule has 0 bridgehead atoms. The number of ether oxygens (including phenoxy) is 1. The van der Waals surface area contributed by atoms with Gasteiger partial charge in [0, 0.05) is 6.20 Å². The van der Waals surface area contributed by atoms with Crippen LogP contribution in [0.25, 0.3) is 0 Å². The monoisotopic (exact) mass is 459 g/mol. The van der Waals surface area contributed by atoms with Gasteiger partial charge in [0.25, 0.3) is 0 Å². The Morgan fingerprint density at radius 3 is 2.15 bits per heavy atom. The van der Waals surface area contributed by atoms with E-state index in [2.05, 4.69) is 30.1 Å². The minimum absolute atomic E-state index is 0.366. The molecule has 34 heavy (non-hydrogen) atoms. The summed E-state index contributed by atoms with van der Waals surface area (Å²) in [4.78, 5) is 16.8. The molecule has 2 aliphatic carbocycles. The van der Waals surface area contributed by atoms with Crippen LogP contribution in [0.4, 0.5) is 0 Å². The van der Waals surface area contributed by atoms with Gasteiger partial charge in [-0.15, -0.1) is 0 Å². The van der Waals surface area contributed by atoms with Crippen LogP contribution in [0.1, 0.15) is 105 Å². The van der Waals surface area contributed by atoms with Crippen molar-refractivity contribution in [3.8, 4) is 5.75 Å². The molecule has 1 aromatic carbocycles. The lowest BCUT2D eigenvalue weighted by atomic mass is 9.77. The van der Waals surface area contributed by atoms with Crippen LogP contribution in [0, 0.1) is 24.7 Å². The first-order valence-electron chi connectivity index (χ1n) is 13.5. The van der Waals surface area contributed by atoms with Crippen molar-refractivity contribution >= 4 is 5.97 Å². The first-order valence-corrected chi connectivity index (χ1v) is 13.5. The number of nitrogens with zero attached hydrogens (tertiary/aromatic N) is 1. The summed E-state index contributed by atoms with van der Waals surface area (Å²) in [7, 11) is 0. The quantitative estimate of drug-likeness (QED) is 0.226. The third-order valence-corrected chi connectivity index (χ3v) is 7.98. The summed E-state index contributed by atoms with van der Waals surface area (Å²) in [6, 6.07) is 11.4. The van der Waals surface area contributed by atoms with Crippen LogP contribution in [-0.2, 0) is 0 Å². The van der Waals surface area contributed by atoms with Crippen LogP contribution in [0.3, 0.4) is 0 Å². The molecule has 2 fully saturated rings. The van der Waals surface area contributed by atoms with Gasteiger partial charge >= 0.3 is 5.97 Å². The van der Waals surface area contributed by atoms with E-state index >= 15 is 0 Å². The van der Waals surface area contributed by atoms with Gasteiger partial charge in [-0.05, 0) is 106 Å². The van der Waals surface area contributed by atoms with E-state index < -0.39 is 5.97 Å². The van der Waals surface area contributed by atoms with E-state index in [0.717, 1.165) is 23.3 Å². The number of unbranched alkanes of at least 4 members (excludes halogenated alkanes) is 1. The lowest BCUT2D eigenvalue weighted by Crippen LogP contribution is -2.15. The Bertz CT molecular complexity index is 915. The molecule has 0 N–H and O–H groups in total. The van der Waals surface area contributed by atoms with Gasteiger partial charge in [-0.3, -0.25) is 0 Å². The molecule has 1 heterocycles. The zero-order chi connectivity index (χ0) is 23.8. The van der Waals surface area contributed by atoms with Crippen molar-refractivity contribution in [1.29, 1.82) is 0 Å². The largest absolute Gasteiger partial charge is 0.422 e. The number of benzene rings is 1. The Hall–Kier alpha value is -2.42. The topological polar surface area (TPSA) is 39.2 Å². The van der Waals surface area contributed by atoms with Gasteiger partial charge in [0.2, 0.25) is 0 Å². The molecular weight excluding hydrogens is 418 g/mol. The van der Waals surface area contributed by atoms with E-state index in [1.54, 1.807) is 0 Å². The fourth-order valence-corrected chi connectivity index (χ4v) is 5.65. The lowest BCUT2D eigenvalue weighted by molar-refractivity contribution is 0.0728. The summed E-state index contributed by atoms with van der Waals surface area (Å²) >= 11 is 0. The second-order valence-corrected chi connectivity index (χ2v) is 10.6. The van der Waals surface area contributed by atoms with Crippen molar-refractivity contribution in [2.75, 3.05) is 0 Å². The average Bonchev–Trinajstić information content (AvgIpc) is 2.88. The maximum absolute atomic E-state index is 12.4. The zero-order valence-electron chi connectivity index (χ0n) is 21.0. The smallest absolute Gasteiger partial charge is 0.362 e. The van der Waals surface area contributed by atoms with Crippen molar-refractivity contribution in [1.82, 2.24) is 4.98 Å². The SMILES string of the molecule is CCCCC1CCC(/C=C/C2CCC(c3ccc(C(=O)Oc4ccc(C)cc4)nc3)CC2)CC1. The number of carbonyl (C=O) groups excluding carboxylic acids is 1. The highest BCUT2D eigenvalue weighted by Gasteiger charge is 2.23. The molecule has 3 heteroatoms. The van der Waals surface area contributed by atoms with Gasteiger partial charge in [0.1, 0.15) is 11.4 Å². The second kappa shape index (κ2) is 12.3. The first kappa shape index (κ1) is 24.7. The number of allylic oxidation sites excluding steroid dienone is 2. The number of hydrogen-bond donors (Lipinski definition) is 0. The van der Waals surface area contributed by atoms with Crippen LogP contribution in [-0.4, -0.2) is 11.0 Å². The Morgan fingerprint density at radius 2 is 1.56 bits per heavy atom. The third kappa shape index (κ3) is 7.04.